The lowest BCUT2D eigenvalue weighted by molar-refractivity contribution is 0.0240. The van der Waals surface area contributed by atoms with Crippen LogP contribution in [-0.4, -0.2) is 62.7 Å². The molecular formula is C21H28N6O2. The van der Waals surface area contributed by atoms with E-state index in [1.807, 2.05) is 46.8 Å². The SMILES string of the molecule is C/C=C(/c1ccncn1)c1c(C)ncnc1N1CCN(C(=O)OC(C)(C)C)CC1. The van der Waals surface area contributed by atoms with Gasteiger partial charge in [0, 0.05) is 43.5 Å². The number of anilines is 1. The molecule has 29 heavy (non-hydrogen) atoms. The summed E-state index contributed by atoms with van der Waals surface area (Å²) >= 11 is 0. The number of amides is 1. The number of rotatable bonds is 3. The Labute approximate surface area is 171 Å². The minimum absolute atomic E-state index is 0.272. The summed E-state index contributed by atoms with van der Waals surface area (Å²) in [5.74, 6) is 0.855. The fourth-order valence-corrected chi connectivity index (χ4v) is 3.31. The van der Waals surface area contributed by atoms with Crippen molar-refractivity contribution in [2.75, 3.05) is 31.1 Å². The minimum Gasteiger partial charge on any atom is -0.444 e. The first-order chi connectivity index (χ1) is 13.8. The number of hydrogen-bond acceptors (Lipinski definition) is 7. The van der Waals surface area contributed by atoms with Crippen LogP contribution in [0.25, 0.3) is 5.57 Å². The van der Waals surface area contributed by atoms with Crippen molar-refractivity contribution < 1.29 is 9.53 Å². The molecule has 1 fully saturated rings. The average Bonchev–Trinajstić information content (AvgIpc) is 2.69. The van der Waals surface area contributed by atoms with Crippen LogP contribution in [0.5, 0.6) is 0 Å². The van der Waals surface area contributed by atoms with Gasteiger partial charge in [0.25, 0.3) is 0 Å². The van der Waals surface area contributed by atoms with Gasteiger partial charge >= 0.3 is 6.09 Å². The quantitative estimate of drug-likeness (QED) is 0.788. The molecule has 0 unspecified atom stereocenters. The second kappa shape index (κ2) is 8.55. The van der Waals surface area contributed by atoms with E-state index < -0.39 is 5.60 Å². The second-order valence-corrected chi connectivity index (χ2v) is 7.91. The van der Waals surface area contributed by atoms with Gasteiger partial charge in [-0.3, -0.25) is 0 Å². The molecule has 0 spiro atoms. The predicted octanol–water partition coefficient (Wildman–Crippen LogP) is 3.08. The lowest BCUT2D eigenvalue weighted by atomic mass is 10.0. The van der Waals surface area contributed by atoms with Crippen molar-refractivity contribution in [2.24, 2.45) is 0 Å². The molecule has 0 aromatic carbocycles. The molecule has 0 N–H and O–H groups in total. The number of carbonyl (C=O) groups is 1. The van der Waals surface area contributed by atoms with Crippen LogP contribution in [0.15, 0.2) is 31.0 Å². The first-order valence-electron chi connectivity index (χ1n) is 9.77. The number of allylic oxidation sites excluding steroid dienone is 1. The molecule has 0 aliphatic carbocycles. The van der Waals surface area contributed by atoms with Crippen LogP contribution in [0.2, 0.25) is 0 Å². The lowest BCUT2D eigenvalue weighted by Crippen LogP contribution is -2.50. The number of carbonyl (C=O) groups excluding carboxylic acids is 1. The zero-order valence-corrected chi connectivity index (χ0v) is 17.7. The Hall–Kier alpha value is -3.03. The van der Waals surface area contributed by atoms with E-state index in [4.69, 9.17) is 4.74 Å². The normalized spacial score (nSPS) is 15.4. The number of aryl methyl sites for hydroxylation is 1. The molecule has 0 atom stereocenters. The molecule has 8 heteroatoms. The Bertz CT molecular complexity index is 884. The molecule has 1 aliphatic heterocycles. The van der Waals surface area contributed by atoms with E-state index in [0.29, 0.717) is 26.2 Å². The minimum atomic E-state index is -0.497. The average molecular weight is 396 g/mol. The summed E-state index contributed by atoms with van der Waals surface area (Å²) in [5.41, 5.74) is 3.14. The van der Waals surface area contributed by atoms with Gasteiger partial charge in [-0.2, -0.15) is 0 Å². The number of hydrogen-bond donors (Lipinski definition) is 0. The number of aromatic nitrogens is 4. The topological polar surface area (TPSA) is 84.3 Å². The van der Waals surface area contributed by atoms with Crippen LogP contribution in [0, 0.1) is 6.92 Å². The maximum absolute atomic E-state index is 12.4. The van der Waals surface area contributed by atoms with E-state index in [9.17, 15) is 4.79 Å². The van der Waals surface area contributed by atoms with Crippen molar-refractivity contribution in [1.82, 2.24) is 24.8 Å². The summed E-state index contributed by atoms with van der Waals surface area (Å²) < 4.78 is 5.49. The molecule has 3 rings (SSSR count). The van der Waals surface area contributed by atoms with Gasteiger partial charge in [-0.1, -0.05) is 6.08 Å². The maximum atomic E-state index is 12.4. The molecule has 2 aromatic heterocycles. The van der Waals surface area contributed by atoms with Gasteiger partial charge in [-0.25, -0.2) is 24.7 Å². The fraction of sp³-hybridized carbons (Fsp3) is 0.476. The van der Waals surface area contributed by atoms with Gasteiger partial charge in [0.05, 0.1) is 11.4 Å². The van der Waals surface area contributed by atoms with Crippen LogP contribution >= 0.6 is 0 Å². The van der Waals surface area contributed by atoms with E-state index in [1.165, 1.54) is 6.33 Å². The number of ether oxygens (including phenoxy) is 1. The van der Waals surface area contributed by atoms with E-state index in [1.54, 1.807) is 17.4 Å². The molecule has 1 aliphatic rings. The van der Waals surface area contributed by atoms with Gasteiger partial charge < -0.3 is 14.5 Å². The Morgan fingerprint density at radius 3 is 2.41 bits per heavy atom. The van der Waals surface area contributed by atoms with E-state index in [0.717, 1.165) is 28.3 Å². The van der Waals surface area contributed by atoms with E-state index >= 15 is 0 Å². The Balaban J connectivity index is 1.83. The highest BCUT2D eigenvalue weighted by atomic mass is 16.6. The van der Waals surface area contributed by atoms with Crippen molar-refractivity contribution in [2.45, 2.75) is 40.2 Å². The molecule has 3 heterocycles. The van der Waals surface area contributed by atoms with Crippen LogP contribution in [-0.2, 0) is 4.74 Å². The highest BCUT2D eigenvalue weighted by molar-refractivity contribution is 5.84. The lowest BCUT2D eigenvalue weighted by Gasteiger charge is -2.37. The molecule has 1 amide bonds. The third-order valence-electron chi connectivity index (χ3n) is 4.66. The van der Waals surface area contributed by atoms with Gasteiger partial charge in [0.2, 0.25) is 0 Å². The van der Waals surface area contributed by atoms with Crippen LogP contribution in [0.1, 0.15) is 44.6 Å². The molecule has 0 bridgehead atoms. The summed E-state index contributed by atoms with van der Waals surface area (Å²) in [7, 11) is 0. The molecule has 2 aromatic rings. The van der Waals surface area contributed by atoms with E-state index in [2.05, 4.69) is 24.8 Å². The Kier molecular flexibility index (Phi) is 6.10. The molecule has 0 saturated carbocycles. The number of nitrogens with zero attached hydrogens (tertiary/aromatic N) is 6. The summed E-state index contributed by atoms with van der Waals surface area (Å²) in [6.45, 7) is 12.1. The van der Waals surface area contributed by atoms with E-state index in [-0.39, 0.29) is 6.09 Å². The van der Waals surface area contributed by atoms with Gasteiger partial charge in [-0.15, -0.1) is 0 Å². The van der Waals surface area contributed by atoms with Crippen molar-refractivity contribution in [3.8, 4) is 0 Å². The largest absolute Gasteiger partial charge is 0.444 e. The fourth-order valence-electron chi connectivity index (χ4n) is 3.31. The first kappa shape index (κ1) is 20.7. The van der Waals surface area contributed by atoms with Crippen molar-refractivity contribution in [3.63, 3.8) is 0 Å². The molecule has 154 valence electrons. The summed E-state index contributed by atoms with van der Waals surface area (Å²) in [5, 5.41) is 0. The summed E-state index contributed by atoms with van der Waals surface area (Å²) in [4.78, 5) is 33.7. The third-order valence-corrected chi connectivity index (χ3v) is 4.66. The first-order valence-corrected chi connectivity index (χ1v) is 9.77. The summed E-state index contributed by atoms with van der Waals surface area (Å²) in [6, 6.07) is 1.88. The highest BCUT2D eigenvalue weighted by Gasteiger charge is 2.28. The smallest absolute Gasteiger partial charge is 0.410 e. The molecule has 1 saturated heterocycles. The van der Waals surface area contributed by atoms with Crippen LogP contribution < -0.4 is 4.90 Å². The monoisotopic (exact) mass is 396 g/mol. The summed E-state index contributed by atoms with van der Waals surface area (Å²) in [6.07, 6.45) is 6.60. The van der Waals surface area contributed by atoms with Crippen molar-refractivity contribution in [3.05, 3.63) is 47.9 Å². The van der Waals surface area contributed by atoms with Crippen molar-refractivity contribution in [1.29, 1.82) is 0 Å². The van der Waals surface area contributed by atoms with Gasteiger partial charge in [0.1, 0.15) is 24.1 Å². The zero-order chi connectivity index (χ0) is 21.0. The predicted molar refractivity (Wildman–Crippen MR) is 112 cm³/mol. The maximum Gasteiger partial charge on any atom is 0.410 e. The number of piperazine rings is 1. The van der Waals surface area contributed by atoms with Crippen LogP contribution in [0.4, 0.5) is 10.6 Å². The van der Waals surface area contributed by atoms with Gasteiger partial charge in [0.15, 0.2) is 0 Å². The third kappa shape index (κ3) is 4.88. The zero-order valence-electron chi connectivity index (χ0n) is 17.7. The van der Waals surface area contributed by atoms with Gasteiger partial charge in [-0.05, 0) is 40.7 Å². The standard InChI is InChI=1S/C21H28N6O2/c1-6-16(17-7-8-22-13-24-17)18-15(2)23-14-25-19(18)26-9-11-27(12-10-26)20(28)29-21(3,4)5/h6-8,13-14H,9-12H2,1-5H3/b16-6-. The second-order valence-electron chi connectivity index (χ2n) is 7.91. The highest BCUT2D eigenvalue weighted by Crippen LogP contribution is 2.31. The van der Waals surface area contributed by atoms with Crippen molar-refractivity contribution >= 4 is 17.5 Å². The molecular weight excluding hydrogens is 368 g/mol. The molecule has 8 nitrogen and oxygen atoms in total. The Morgan fingerprint density at radius 2 is 1.83 bits per heavy atom. The van der Waals surface area contributed by atoms with Crippen LogP contribution in [0.3, 0.4) is 0 Å². The molecule has 0 radical (unpaired) electrons. The Morgan fingerprint density at radius 1 is 1.10 bits per heavy atom.